The summed E-state index contributed by atoms with van der Waals surface area (Å²) >= 11 is 6.24. The largest absolute Gasteiger partial charge is 0.359 e. The average Bonchev–Trinajstić information content (AvgIpc) is 3.33. The molecule has 2 aromatic carbocycles. The lowest BCUT2D eigenvalue weighted by Crippen LogP contribution is -2.37. The number of benzene rings is 2. The van der Waals surface area contributed by atoms with Crippen LogP contribution < -0.4 is 10.2 Å². The van der Waals surface area contributed by atoms with Gasteiger partial charge in [0.25, 0.3) is 0 Å². The molecule has 29 heavy (non-hydrogen) atoms. The van der Waals surface area contributed by atoms with E-state index < -0.39 is 10.0 Å². The third-order valence-corrected chi connectivity index (χ3v) is 7.80. The maximum Gasteiger partial charge on any atom is 0.243 e. The first-order chi connectivity index (χ1) is 13.9. The van der Waals surface area contributed by atoms with Gasteiger partial charge in [0.1, 0.15) is 0 Å². The van der Waals surface area contributed by atoms with Crippen molar-refractivity contribution in [1.82, 2.24) is 4.31 Å². The molecule has 0 spiro atoms. The summed E-state index contributed by atoms with van der Waals surface area (Å²) in [4.78, 5) is 14.9. The summed E-state index contributed by atoms with van der Waals surface area (Å²) in [5.74, 6) is -0.230. The molecule has 1 saturated heterocycles. The molecule has 2 aliphatic rings. The molecule has 4 rings (SSSR count). The number of carbonyl (C=O) groups excluding carboxylic acids is 1. The normalized spacial score (nSPS) is 19.4. The number of hydrogen-bond donors (Lipinski definition) is 1. The van der Waals surface area contributed by atoms with Crippen molar-refractivity contribution < 1.29 is 13.2 Å². The fraction of sp³-hybridized carbons (Fsp3) is 0.381. The van der Waals surface area contributed by atoms with Crippen LogP contribution in [0, 0.1) is 0 Å². The lowest BCUT2D eigenvalue weighted by atomic mass is 10.1. The van der Waals surface area contributed by atoms with Crippen LogP contribution in [0.15, 0.2) is 47.4 Å². The topological polar surface area (TPSA) is 69.7 Å². The summed E-state index contributed by atoms with van der Waals surface area (Å²) in [5, 5.41) is 3.11. The van der Waals surface area contributed by atoms with E-state index >= 15 is 0 Å². The molecular weight excluding hydrogens is 410 g/mol. The fourth-order valence-corrected chi connectivity index (χ4v) is 5.76. The predicted molar refractivity (Wildman–Crippen MR) is 115 cm³/mol. The molecule has 1 N–H and O–H groups in total. The Labute approximate surface area is 176 Å². The van der Waals surface area contributed by atoms with E-state index in [-0.39, 0.29) is 23.4 Å². The molecule has 1 fully saturated rings. The maximum absolute atomic E-state index is 12.8. The molecular formula is C21H24ClN3O3S. The number of fused-ring (bicyclic) bond motifs is 1. The molecule has 1 atom stereocenters. The summed E-state index contributed by atoms with van der Waals surface area (Å²) in [7, 11) is -3.57. The second kappa shape index (κ2) is 7.97. The van der Waals surface area contributed by atoms with Crippen molar-refractivity contribution in [3.63, 3.8) is 0 Å². The van der Waals surface area contributed by atoms with E-state index in [1.54, 1.807) is 0 Å². The van der Waals surface area contributed by atoms with Crippen LogP contribution >= 0.6 is 11.6 Å². The third-order valence-electron chi connectivity index (χ3n) is 5.58. The Morgan fingerprint density at radius 3 is 2.66 bits per heavy atom. The van der Waals surface area contributed by atoms with Gasteiger partial charge in [-0.05, 0) is 56.0 Å². The highest BCUT2D eigenvalue weighted by Gasteiger charge is 2.29. The molecule has 1 amide bonds. The van der Waals surface area contributed by atoms with Crippen LogP contribution in [0.25, 0.3) is 0 Å². The van der Waals surface area contributed by atoms with Crippen molar-refractivity contribution in [3.05, 3.63) is 53.1 Å². The second-order valence-electron chi connectivity index (χ2n) is 7.61. The van der Waals surface area contributed by atoms with Gasteiger partial charge in [0.15, 0.2) is 0 Å². The van der Waals surface area contributed by atoms with E-state index in [9.17, 15) is 13.2 Å². The van der Waals surface area contributed by atoms with Gasteiger partial charge in [-0.3, -0.25) is 4.79 Å². The van der Waals surface area contributed by atoms with E-state index in [0.29, 0.717) is 23.8 Å². The SMILES string of the molecule is C[C@H]1Cc2ccccc2N1CC(=O)Nc1cc(S(=O)(=O)N2CCCC2)ccc1Cl. The summed E-state index contributed by atoms with van der Waals surface area (Å²) in [6, 6.07) is 12.7. The van der Waals surface area contributed by atoms with E-state index in [4.69, 9.17) is 11.6 Å². The highest BCUT2D eigenvalue weighted by Crippen LogP contribution is 2.32. The van der Waals surface area contributed by atoms with Crippen molar-refractivity contribution in [2.24, 2.45) is 0 Å². The number of carbonyl (C=O) groups is 1. The summed E-state index contributed by atoms with van der Waals surface area (Å²) in [5.41, 5.74) is 2.60. The summed E-state index contributed by atoms with van der Waals surface area (Å²) in [6.45, 7) is 3.32. The van der Waals surface area contributed by atoms with E-state index in [1.807, 2.05) is 18.2 Å². The molecule has 0 aromatic heterocycles. The van der Waals surface area contributed by atoms with E-state index in [1.165, 1.54) is 28.1 Å². The minimum Gasteiger partial charge on any atom is -0.359 e. The number of anilines is 2. The quantitative estimate of drug-likeness (QED) is 0.783. The minimum absolute atomic E-state index is 0.152. The number of nitrogens with one attached hydrogen (secondary N) is 1. The van der Waals surface area contributed by atoms with Gasteiger partial charge in [-0.25, -0.2) is 8.42 Å². The number of halogens is 1. The highest BCUT2D eigenvalue weighted by atomic mass is 35.5. The van der Waals surface area contributed by atoms with E-state index in [0.717, 1.165) is 24.9 Å². The number of para-hydroxylation sites is 1. The average molecular weight is 434 g/mol. The second-order valence-corrected chi connectivity index (χ2v) is 9.96. The lowest BCUT2D eigenvalue weighted by molar-refractivity contribution is -0.115. The Balaban J connectivity index is 1.51. The molecule has 0 radical (unpaired) electrons. The Hall–Kier alpha value is -2.09. The number of nitrogens with zero attached hydrogens (tertiary/aromatic N) is 2. The fourth-order valence-electron chi connectivity index (χ4n) is 4.05. The first-order valence-corrected chi connectivity index (χ1v) is 11.6. The van der Waals surface area contributed by atoms with Crippen molar-refractivity contribution in [3.8, 4) is 0 Å². The maximum atomic E-state index is 12.8. The van der Waals surface area contributed by atoms with Crippen LogP contribution in [-0.4, -0.2) is 44.3 Å². The summed E-state index contributed by atoms with van der Waals surface area (Å²) in [6.07, 6.45) is 2.63. The van der Waals surface area contributed by atoms with Gasteiger partial charge in [-0.15, -0.1) is 0 Å². The Kier molecular flexibility index (Phi) is 5.55. The Morgan fingerprint density at radius 1 is 1.17 bits per heavy atom. The van der Waals surface area contributed by atoms with Crippen molar-refractivity contribution in [1.29, 1.82) is 0 Å². The monoisotopic (exact) mass is 433 g/mol. The van der Waals surface area contributed by atoms with Gasteiger partial charge in [0.2, 0.25) is 15.9 Å². The molecule has 2 aliphatic heterocycles. The number of sulfonamides is 1. The van der Waals surface area contributed by atoms with Crippen molar-refractivity contribution in [2.45, 2.75) is 37.1 Å². The molecule has 8 heteroatoms. The zero-order valence-corrected chi connectivity index (χ0v) is 17.8. The van der Waals surface area contributed by atoms with Gasteiger partial charge in [-0.1, -0.05) is 29.8 Å². The smallest absolute Gasteiger partial charge is 0.243 e. The number of amides is 1. The lowest BCUT2D eigenvalue weighted by Gasteiger charge is -2.24. The van der Waals surface area contributed by atoms with Crippen LogP contribution in [0.4, 0.5) is 11.4 Å². The molecule has 154 valence electrons. The summed E-state index contributed by atoms with van der Waals surface area (Å²) < 4.78 is 27.1. The molecule has 0 saturated carbocycles. The van der Waals surface area contributed by atoms with Gasteiger partial charge in [-0.2, -0.15) is 4.31 Å². The zero-order chi connectivity index (χ0) is 20.6. The van der Waals surface area contributed by atoms with Crippen LogP contribution in [0.2, 0.25) is 5.02 Å². The molecule has 6 nitrogen and oxygen atoms in total. The third kappa shape index (κ3) is 3.99. The Bertz CT molecular complexity index is 1040. The van der Waals surface area contributed by atoms with E-state index in [2.05, 4.69) is 23.2 Å². The van der Waals surface area contributed by atoms with Crippen molar-refractivity contribution >= 4 is 38.9 Å². The Morgan fingerprint density at radius 2 is 1.90 bits per heavy atom. The van der Waals surface area contributed by atoms with Crippen LogP contribution in [0.5, 0.6) is 0 Å². The standard InChI is InChI=1S/C21H24ClN3O3S/c1-15-12-16-6-2-3-7-20(16)25(15)14-21(26)23-19-13-17(8-9-18(19)22)29(27,28)24-10-4-5-11-24/h2-3,6-9,13,15H,4-5,10-12,14H2,1H3,(H,23,26)/t15-/m0/s1. The molecule has 0 bridgehead atoms. The first kappa shape index (κ1) is 20.2. The van der Waals surface area contributed by atoms with Crippen LogP contribution in [0.1, 0.15) is 25.3 Å². The van der Waals surface area contributed by atoms with Gasteiger partial charge >= 0.3 is 0 Å². The molecule has 2 aromatic rings. The number of hydrogen-bond acceptors (Lipinski definition) is 4. The molecule has 0 unspecified atom stereocenters. The van der Waals surface area contributed by atoms with Crippen LogP contribution in [-0.2, 0) is 21.2 Å². The number of rotatable bonds is 5. The molecule has 2 heterocycles. The predicted octanol–water partition coefficient (Wildman–Crippen LogP) is 3.51. The molecule has 0 aliphatic carbocycles. The van der Waals surface area contributed by atoms with Gasteiger partial charge in [0, 0.05) is 24.8 Å². The zero-order valence-electron chi connectivity index (χ0n) is 16.3. The van der Waals surface area contributed by atoms with Gasteiger partial charge in [0.05, 0.1) is 22.2 Å². The van der Waals surface area contributed by atoms with Crippen molar-refractivity contribution in [2.75, 3.05) is 29.9 Å². The first-order valence-electron chi connectivity index (χ1n) is 9.80. The van der Waals surface area contributed by atoms with Crippen LogP contribution in [0.3, 0.4) is 0 Å². The van der Waals surface area contributed by atoms with Gasteiger partial charge < -0.3 is 10.2 Å². The minimum atomic E-state index is -3.57. The highest BCUT2D eigenvalue weighted by molar-refractivity contribution is 7.89.